The number of rotatable bonds is 6. The summed E-state index contributed by atoms with van der Waals surface area (Å²) in [4.78, 5) is 0. The van der Waals surface area contributed by atoms with E-state index in [0.29, 0.717) is 17.9 Å². The molecular formula is C22H21NO. The number of allylic oxidation sites excluding steroid dienone is 3. The van der Waals surface area contributed by atoms with Gasteiger partial charge in [-0.05, 0) is 42.7 Å². The molecule has 24 heavy (non-hydrogen) atoms. The predicted molar refractivity (Wildman–Crippen MR) is 99.1 cm³/mol. The first-order chi connectivity index (χ1) is 11.5. The van der Waals surface area contributed by atoms with Crippen molar-refractivity contribution >= 4 is 5.57 Å². The number of ether oxygens (including phenoxy) is 1. The minimum atomic E-state index is 0.323. The molecule has 0 unspecified atom stereocenters. The second kappa shape index (κ2) is 7.99. The number of benzene rings is 2. The lowest BCUT2D eigenvalue weighted by molar-refractivity contribution is 0.207. The first kappa shape index (κ1) is 17.3. The van der Waals surface area contributed by atoms with Gasteiger partial charge < -0.3 is 4.74 Å². The molecule has 2 heteroatoms. The molecule has 0 aliphatic carbocycles. The number of hydrogen-bond donors (Lipinski definition) is 0. The molecule has 0 saturated heterocycles. The fourth-order valence-electron chi connectivity index (χ4n) is 2.21. The van der Waals surface area contributed by atoms with Crippen LogP contribution in [0.15, 0.2) is 79.1 Å². The van der Waals surface area contributed by atoms with Crippen LogP contribution in [-0.4, -0.2) is 0 Å². The summed E-state index contributed by atoms with van der Waals surface area (Å²) in [5.74, 6) is 0.674. The molecule has 0 radical (unpaired) electrons. The second-order valence-corrected chi connectivity index (χ2v) is 5.74. The average molecular weight is 315 g/mol. The monoisotopic (exact) mass is 315 g/mol. The standard InChI is InChI=1S/C22H21NO/c1-16(2)22(13-18(4)19-11-9-17(3)10-12-19)24-15-21-8-6-5-7-20(21)14-23/h5-13H,1,4,15H2,2-3H3/b22-13+. The molecular weight excluding hydrogens is 294 g/mol. The third-order valence-corrected chi connectivity index (χ3v) is 3.67. The van der Waals surface area contributed by atoms with Crippen molar-refractivity contribution in [1.29, 1.82) is 5.26 Å². The topological polar surface area (TPSA) is 33.0 Å². The van der Waals surface area contributed by atoms with Crippen molar-refractivity contribution in [3.05, 3.63) is 101 Å². The van der Waals surface area contributed by atoms with Gasteiger partial charge in [0.1, 0.15) is 12.4 Å². The Morgan fingerprint density at radius 2 is 1.79 bits per heavy atom. The van der Waals surface area contributed by atoms with E-state index < -0.39 is 0 Å². The molecule has 0 spiro atoms. The largest absolute Gasteiger partial charge is 0.489 e. The van der Waals surface area contributed by atoms with E-state index >= 15 is 0 Å². The fourth-order valence-corrected chi connectivity index (χ4v) is 2.21. The third kappa shape index (κ3) is 4.47. The van der Waals surface area contributed by atoms with Crippen molar-refractivity contribution in [3.63, 3.8) is 0 Å². The van der Waals surface area contributed by atoms with Crippen LogP contribution in [0.3, 0.4) is 0 Å². The summed E-state index contributed by atoms with van der Waals surface area (Å²) in [5.41, 5.74) is 5.41. The Balaban J connectivity index is 2.17. The minimum Gasteiger partial charge on any atom is -0.489 e. The highest BCUT2D eigenvalue weighted by atomic mass is 16.5. The summed E-state index contributed by atoms with van der Waals surface area (Å²) in [7, 11) is 0. The lowest BCUT2D eigenvalue weighted by Crippen LogP contribution is -1.98. The highest BCUT2D eigenvalue weighted by Crippen LogP contribution is 2.21. The molecule has 0 aromatic heterocycles. The molecule has 0 aliphatic heterocycles. The molecule has 2 nitrogen and oxygen atoms in total. The van der Waals surface area contributed by atoms with Crippen LogP contribution < -0.4 is 0 Å². The van der Waals surface area contributed by atoms with Gasteiger partial charge in [0.25, 0.3) is 0 Å². The Morgan fingerprint density at radius 3 is 2.42 bits per heavy atom. The number of hydrogen-bond acceptors (Lipinski definition) is 2. The second-order valence-electron chi connectivity index (χ2n) is 5.74. The number of nitrogens with zero attached hydrogens (tertiary/aromatic N) is 1. The predicted octanol–water partition coefficient (Wildman–Crippen LogP) is 5.56. The highest BCUT2D eigenvalue weighted by molar-refractivity contribution is 5.73. The van der Waals surface area contributed by atoms with Crippen LogP contribution in [0.4, 0.5) is 0 Å². The summed E-state index contributed by atoms with van der Waals surface area (Å²) in [6, 6.07) is 17.8. The summed E-state index contributed by atoms with van der Waals surface area (Å²) in [6.07, 6.45) is 1.89. The van der Waals surface area contributed by atoms with E-state index in [9.17, 15) is 0 Å². The van der Waals surface area contributed by atoms with Crippen molar-refractivity contribution in [2.75, 3.05) is 0 Å². The molecule has 0 fully saturated rings. The summed E-state index contributed by atoms with van der Waals surface area (Å²) < 4.78 is 5.90. The maximum Gasteiger partial charge on any atom is 0.122 e. The Labute approximate surface area is 144 Å². The smallest absolute Gasteiger partial charge is 0.122 e. The van der Waals surface area contributed by atoms with Gasteiger partial charge in [0.2, 0.25) is 0 Å². The normalized spacial score (nSPS) is 10.8. The molecule has 2 rings (SSSR count). The molecule has 0 heterocycles. The van der Waals surface area contributed by atoms with E-state index in [-0.39, 0.29) is 0 Å². The Morgan fingerprint density at radius 1 is 1.12 bits per heavy atom. The van der Waals surface area contributed by atoms with Crippen LogP contribution in [0.2, 0.25) is 0 Å². The van der Waals surface area contributed by atoms with Crippen LogP contribution in [-0.2, 0) is 11.3 Å². The van der Waals surface area contributed by atoms with Crippen molar-refractivity contribution < 1.29 is 4.74 Å². The molecule has 2 aromatic carbocycles. The average Bonchev–Trinajstić information content (AvgIpc) is 2.59. The lowest BCUT2D eigenvalue weighted by atomic mass is 10.0. The van der Waals surface area contributed by atoms with Gasteiger partial charge in [0.05, 0.1) is 11.6 Å². The van der Waals surface area contributed by atoms with Gasteiger partial charge >= 0.3 is 0 Å². The van der Waals surface area contributed by atoms with E-state index in [4.69, 9.17) is 10.00 Å². The van der Waals surface area contributed by atoms with Crippen molar-refractivity contribution in [2.24, 2.45) is 0 Å². The molecule has 2 aromatic rings. The van der Waals surface area contributed by atoms with E-state index in [2.05, 4.69) is 38.3 Å². The Bertz CT molecular complexity index is 820. The molecule has 0 saturated carbocycles. The minimum absolute atomic E-state index is 0.323. The maximum absolute atomic E-state index is 9.16. The third-order valence-electron chi connectivity index (χ3n) is 3.67. The van der Waals surface area contributed by atoms with Crippen LogP contribution in [0.5, 0.6) is 0 Å². The lowest BCUT2D eigenvalue weighted by Gasteiger charge is -2.12. The molecule has 0 atom stereocenters. The number of aryl methyl sites for hydroxylation is 1. The van der Waals surface area contributed by atoms with Gasteiger partial charge in [-0.15, -0.1) is 0 Å². The zero-order valence-electron chi connectivity index (χ0n) is 14.2. The van der Waals surface area contributed by atoms with E-state index in [0.717, 1.165) is 22.3 Å². The van der Waals surface area contributed by atoms with Gasteiger partial charge in [-0.1, -0.05) is 61.2 Å². The summed E-state index contributed by atoms with van der Waals surface area (Å²) in [6.45, 7) is 12.4. The zero-order valence-corrected chi connectivity index (χ0v) is 14.2. The summed E-state index contributed by atoms with van der Waals surface area (Å²) >= 11 is 0. The van der Waals surface area contributed by atoms with Gasteiger partial charge in [-0.3, -0.25) is 0 Å². The Hall–Kier alpha value is -3.05. The Kier molecular flexibility index (Phi) is 5.76. The molecule has 0 amide bonds. The molecule has 0 bridgehead atoms. The van der Waals surface area contributed by atoms with Gasteiger partial charge in [-0.2, -0.15) is 5.26 Å². The maximum atomic E-state index is 9.16. The first-order valence-electron chi connectivity index (χ1n) is 7.75. The van der Waals surface area contributed by atoms with Gasteiger partial charge in [0.15, 0.2) is 0 Å². The SMILES string of the molecule is C=C(C)/C(=C\C(=C)c1ccc(C)cc1)OCc1ccccc1C#N. The zero-order chi connectivity index (χ0) is 17.5. The van der Waals surface area contributed by atoms with E-state index in [1.165, 1.54) is 5.56 Å². The van der Waals surface area contributed by atoms with Gasteiger partial charge in [0, 0.05) is 5.56 Å². The molecule has 0 N–H and O–H groups in total. The van der Waals surface area contributed by atoms with Gasteiger partial charge in [-0.25, -0.2) is 0 Å². The number of nitriles is 1. The van der Waals surface area contributed by atoms with Crippen LogP contribution in [0.25, 0.3) is 5.57 Å². The van der Waals surface area contributed by atoms with Crippen molar-refractivity contribution in [1.82, 2.24) is 0 Å². The molecule has 120 valence electrons. The van der Waals surface area contributed by atoms with E-state index in [1.807, 2.05) is 43.3 Å². The van der Waals surface area contributed by atoms with Crippen molar-refractivity contribution in [2.45, 2.75) is 20.5 Å². The van der Waals surface area contributed by atoms with Crippen LogP contribution in [0.1, 0.15) is 29.2 Å². The fraction of sp³-hybridized carbons (Fsp3) is 0.136. The molecule has 0 aliphatic rings. The van der Waals surface area contributed by atoms with Crippen LogP contribution in [0, 0.1) is 18.3 Å². The van der Waals surface area contributed by atoms with Crippen molar-refractivity contribution in [3.8, 4) is 6.07 Å². The first-order valence-corrected chi connectivity index (χ1v) is 7.75. The quantitative estimate of drug-likeness (QED) is 0.516. The highest BCUT2D eigenvalue weighted by Gasteiger charge is 2.06. The van der Waals surface area contributed by atoms with Crippen LogP contribution >= 0.6 is 0 Å². The van der Waals surface area contributed by atoms with E-state index in [1.54, 1.807) is 6.07 Å². The summed E-state index contributed by atoms with van der Waals surface area (Å²) in [5, 5.41) is 9.16.